The minimum absolute atomic E-state index is 0.0282. The second kappa shape index (κ2) is 7.14. The molecule has 2 heterocycles. The van der Waals surface area contributed by atoms with Crippen molar-refractivity contribution in [3.05, 3.63) is 16.3 Å². The predicted molar refractivity (Wildman–Crippen MR) is 87.1 cm³/mol. The summed E-state index contributed by atoms with van der Waals surface area (Å²) in [5.41, 5.74) is 0.843. The fourth-order valence-corrected chi connectivity index (χ4v) is 4.25. The van der Waals surface area contributed by atoms with Gasteiger partial charge >= 0.3 is 5.97 Å². The lowest BCUT2D eigenvalue weighted by Gasteiger charge is -2.28. The summed E-state index contributed by atoms with van der Waals surface area (Å²) in [6.07, 6.45) is 5.33. The van der Waals surface area contributed by atoms with Gasteiger partial charge in [-0.25, -0.2) is 0 Å². The lowest BCUT2D eigenvalue weighted by atomic mass is 9.87. The van der Waals surface area contributed by atoms with Gasteiger partial charge in [0.05, 0.1) is 17.7 Å². The van der Waals surface area contributed by atoms with Crippen molar-refractivity contribution in [3.8, 4) is 6.07 Å². The molecule has 1 saturated carbocycles. The average molecular weight is 332 g/mol. The third-order valence-electron chi connectivity index (χ3n) is 4.55. The molecule has 2 aliphatic rings. The maximum Gasteiger partial charge on any atom is 0.326 e. The molecule has 0 radical (unpaired) electrons. The van der Waals surface area contributed by atoms with Gasteiger partial charge in [-0.05, 0) is 43.6 Å². The van der Waals surface area contributed by atoms with Crippen molar-refractivity contribution >= 4 is 28.9 Å². The second-order valence-electron chi connectivity index (χ2n) is 6.11. The van der Waals surface area contributed by atoms with Crippen LogP contribution in [0.15, 0.2) is 11.4 Å². The number of carbonyl (C=O) groups excluding carboxylic acids is 2. The van der Waals surface area contributed by atoms with Crippen molar-refractivity contribution < 1.29 is 14.3 Å². The lowest BCUT2D eigenvalue weighted by Crippen LogP contribution is -2.38. The van der Waals surface area contributed by atoms with Crippen molar-refractivity contribution in [3.63, 3.8) is 0 Å². The van der Waals surface area contributed by atoms with E-state index < -0.39 is 5.97 Å². The number of ether oxygens (including phenoxy) is 1. The molecular weight excluding hydrogens is 312 g/mol. The summed E-state index contributed by atoms with van der Waals surface area (Å²) in [5, 5.41) is 11.1. The first-order chi connectivity index (χ1) is 11.2. The summed E-state index contributed by atoms with van der Waals surface area (Å²) >= 11 is 1.62. The number of thiophene rings is 1. The van der Waals surface area contributed by atoms with Crippen LogP contribution in [-0.4, -0.2) is 24.5 Å². The van der Waals surface area contributed by atoms with E-state index in [0.29, 0.717) is 6.42 Å². The van der Waals surface area contributed by atoms with Crippen LogP contribution in [-0.2, 0) is 20.7 Å². The van der Waals surface area contributed by atoms with Crippen molar-refractivity contribution in [2.75, 3.05) is 11.4 Å². The first-order valence-electron chi connectivity index (χ1n) is 8.15. The maximum atomic E-state index is 12.3. The lowest BCUT2D eigenvalue weighted by molar-refractivity contribution is -0.151. The van der Waals surface area contributed by atoms with E-state index in [4.69, 9.17) is 4.74 Å². The average Bonchev–Trinajstić information content (AvgIpc) is 2.96. The van der Waals surface area contributed by atoms with E-state index in [1.165, 1.54) is 0 Å². The molecule has 0 unspecified atom stereocenters. The molecule has 1 aliphatic carbocycles. The number of nitrogens with zero attached hydrogens (tertiary/aromatic N) is 2. The molecule has 1 aliphatic heterocycles. The van der Waals surface area contributed by atoms with E-state index >= 15 is 0 Å². The van der Waals surface area contributed by atoms with Crippen LogP contribution < -0.4 is 4.90 Å². The van der Waals surface area contributed by atoms with E-state index in [2.05, 4.69) is 6.07 Å². The molecule has 0 aromatic carbocycles. The molecule has 6 heteroatoms. The molecule has 23 heavy (non-hydrogen) atoms. The molecule has 0 N–H and O–H groups in total. The first-order valence-corrected chi connectivity index (χ1v) is 9.03. The van der Waals surface area contributed by atoms with Crippen LogP contribution in [0.3, 0.4) is 0 Å². The van der Waals surface area contributed by atoms with Crippen LogP contribution >= 0.6 is 11.3 Å². The zero-order valence-electron chi connectivity index (χ0n) is 13.0. The number of aryl methyl sites for hydroxylation is 1. The first kappa shape index (κ1) is 16.0. The van der Waals surface area contributed by atoms with Crippen LogP contribution in [0, 0.1) is 17.2 Å². The normalized spacial score (nSPS) is 24.5. The Balaban J connectivity index is 1.67. The minimum atomic E-state index is -0.412. The van der Waals surface area contributed by atoms with E-state index in [1.54, 1.807) is 16.2 Å². The third-order valence-corrected chi connectivity index (χ3v) is 5.52. The molecule has 0 bridgehead atoms. The molecule has 0 saturated heterocycles. The monoisotopic (exact) mass is 332 g/mol. The SMILES string of the molecule is N#C[C@H]1CCCC[C@@H]1OC(=O)CN1C(=O)CCCc2sccc21. The number of hydrogen-bond donors (Lipinski definition) is 0. The number of nitriles is 1. The Labute approximate surface area is 139 Å². The Morgan fingerprint density at radius 2 is 2.17 bits per heavy atom. The predicted octanol–water partition coefficient (Wildman–Crippen LogP) is 3.04. The van der Waals surface area contributed by atoms with Crippen LogP contribution in [0.2, 0.25) is 0 Å². The quantitative estimate of drug-likeness (QED) is 0.798. The number of carbonyl (C=O) groups is 2. The van der Waals surface area contributed by atoms with Gasteiger partial charge in [-0.1, -0.05) is 6.42 Å². The van der Waals surface area contributed by atoms with Crippen molar-refractivity contribution in [2.24, 2.45) is 5.92 Å². The van der Waals surface area contributed by atoms with Crippen LogP contribution in [0.4, 0.5) is 5.69 Å². The highest BCUT2D eigenvalue weighted by Gasteiger charge is 2.30. The van der Waals surface area contributed by atoms with E-state index in [-0.39, 0.29) is 24.5 Å². The van der Waals surface area contributed by atoms with E-state index in [9.17, 15) is 14.9 Å². The Kier molecular flexibility index (Phi) is 4.97. The number of amides is 1. The van der Waals surface area contributed by atoms with E-state index in [0.717, 1.165) is 49.1 Å². The van der Waals surface area contributed by atoms with Gasteiger partial charge in [-0.3, -0.25) is 9.59 Å². The zero-order chi connectivity index (χ0) is 16.2. The summed E-state index contributed by atoms with van der Waals surface area (Å²) in [6, 6.07) is 4.14. The maximum absolute atomic E-state index is 12.3. The molecular formula is C17H20N2O3S. The summed E-state index contributed by atoms with van der Waals surface area (Å²) in [6.45, 7) is -0.0583. The van der Waals surface area contributed by atoms with Crippen molar-refractivity contribution in [1.82, 2.24) is 0 Å². The molecule has 1 fully saturated rings. The third kappa shape index (κ3) is 3.56. The highest BCUT2D eigenvalue weighted by Crippen LogP contribution is 2.32. The topological polar surface area (TPSA) is 70.4 Å². The standard InChI is InChI=1S/C17H20N2O3S/c18-10-12-4-1-2-5-14(12)22-17(21)11-19-13-8-9-23-15(13)6-3-7-16(19)20/h8-9,12,14H,1-7,11H2/t12-,14+/m1/s1. The molecule has 3 rings (SSSR count). The smallest absolute Gasteiger partial charge is 0.326 e. The molecule has 5 nitrogen and oxygen atoms in total. The highest BCUT2D eigenvalue weighted by atomic mass is 32.1. The number of rotatable bonds is 3. The van der Waals surface area contributed by atoms with Gasteiger partial charge in [0.2, 0.25) is 5.91 Å². The van der Waals surface area contributed by atoms with Gasteiger partial charge in [0, 0.05) is 11.3 Å². The second-order valence-corrected chi connectivity index (χ2v) is 7.11. The van der Waals surface area contributed by atoms with Gasteiger partial charge in [-0.15, -0.1) is 11.3 Å². The minimum Gasteiger partial charge on any atom is -0.460 e. The van der Waals surface area contributed by atoms with Crippen LogP contribution in [0.1, 0.15) is 43.4 Å². The number of hydrogen-bond acceptors (Lipinski definition) is 5. The Bertz CT molecular complexity index is 634. The van der Waals surface area contributed by atoms with Crippen molar-refractivity contribution in [1.29, 1.82) is 5.26 Å². The molecule has 122 valence electrons. The van der Waals surface area contributed by atoms with E-state index in [1.807, 2.05) is 11.4 Å². The van der Waals surface area contributed by atoms with Gasteiger partial charge in [0.25, 0.3) is 0 Å². The van der Waals surface area contributed by atoms with Gasteiger partial charge < -0.3 is 9.64 Å². The summed E-state index contributed by atoms with van der Waals surface area (Å²) in [7, 11) is 0. The summed E-state index contributed by atoms with van der Waals surface area (Å²) in [5.74, 6) is -0.659. The summed E-state index contributed by atoms with van der Waals surface area (Å²) < 4.78 is 5.53. The fourth-order valence-electron chi connectivity index (χ4n) is 3.33. The fraction of sp³-hybridized carbons (Fsp3) is 0.588. The van der Waals surface area contributed by atoms with Gasteiger partial charge in [-0.2, -0.15) is 5.26 Å². The Morgan fingerprint density at radius 3 is 3.00 bits per heavy atom. The van der Waals surface area contributed by atoms with Gasteiger partial charge in [0.15, 0.2) is 0 Å². The Hall–Kier alpha value is -1.87. The van der Waals surface area contributed by atoms with Crippen molar-refractivity contribution in [2.45, 2.75) is 51.0 Å². The van der Waals surface area contributed by atoms with Crippen LogP contribution in [0.25, 0.3) is 0 Å². The number of fused-ring (bicyclic) bond motifs is 1. The highest BCUT2D eigenvalue weighted by molar-refractivity contribution is 7.10. The Morgan fingerprint density at radius 1 is 1.35 bits per heavy atom. The zero-order valence-corrected chi connectivity index (χ0v) is 13.8. The molecule has 1 aromatic rings. The van der Waals surface area contributed by atoms with Crippen LogP contribution in [0.5, 0.6) is 0 Å². The molecule has 1 amide bonds. The molecule has 1 aromatic heterocycles. The molecule has 2 atom stereocenters. The molecule has 0 spiro atoms. The largest absolute Gasteiger partial charge is 0.460 e. The number of esters is 1. The van der Waals surface area contributed by atoms with Gasteiger partial charge in [0.1, 0.15) is 12.6 Å². The summed E-state index contributed by atoms with van der Waals surface area (Å²) in [4.78, 5) is 27.3. The number of anilines is 1.